The van der Waals surface area contributed by atoms with E-state index in [1.54, 1.807) is 0 Å². The van der Waals surface area contributed by atoms with Gasteiger partial charge in [-0.3, -0.25) is 14.4 Å². The maximum absolute atomic E-state index is 12.7. The first kappa shape index (κ1) is 31.1. The molecule has 1 heterocycles. The largest absolute Gasteiger partial charge is 0.394 e. The number of carbonyl (C=O) groups excluding carboxylic acids is 3. The van der Waals surface area contributed by atoms with Crippen LogP contribution in [-0.2, 0) is 0 Å². The molecule has 1 aromatic rings. The van der Waals surface area contributed by atoms with E-state index in [0.29, 0.717) is 0 Å². The van der Waals surface area contributed by atoms with Crippen molar-refractivity contribution in [3.8, 4) is 0 Å². The van der Waals surface area contributed by atoms with Gasteiger partial charge in [0.25, 0.3) is 17.7 Å². The Bertz CT molecular complexity index is 753. The van der Waals surface area contributed by atoms with E-state index in [0.717, 1.165) is 0 Å². The van der Waals surface area contributed by atoms with Gasteiger partial charge in [0.2, 0.25) is 17.5 Å². The van der Waals surface area contributed by atoms with Crippen LogP contribution >= 0.6 is 0 Å². The van der Waals surface area contributed by atoms with Crippen molar-refractivity contribution in [1.82, 2.24) is 30.9 Å². The number of hydrogen-bond donors (Lipinski definition) is 12. The zero-order chi connectivity index (χ0) is 27.6. The molecule has 0 unspecified atom stereocenters. The van der Waals surface area contributed by atoms with Gasteiger partial charge >= 0.3 is 0 Å². The summed E-state index contributed by atoms with van der Waals surface area (Å²) in [6.07, 6.45) is 0. The average molecular weight is 522 g/mol. The summed E-state index contributed by atoms with van der Waals surface area (Å²) in [5, 5.41) is 90.9. The van der Waals surface area contributed by atoms with Crippen LogP contribution in [0, 0.1) is 0 Å². The van der Waals surface area contributed by atoms with Gasteiger partial charge in [0.15, 0.2) is 0 Å². The summed E-state index contributed by atoms with van der Waals surface area (Å²) in [6, 6.07) is 0. The smallest absolute Gasteiger partial charge is 0.289 e. The van der Waals surface area contributed by atoms with Crippen molar-refractivity contribution in [2.45, 2.75) is 16.6 Å². The van der Waals surface area contributed by atoms with Crippen LogP contribution in [0.3, 0.4) is 0 Å². The van der Waals surface area contributed by atoms with Gasteiger partial charge < -0.3 is 61.9 Å². The second kappa shape index (κ2) is 13.4. The Morgan fingerprint density at radius 1 is 0.444 bits per heavy atom. The van der Waals surface area contributed by atoms with Crippen LogP contribution in [0.2, 0.25) is 0 Å². The molecule has 1 aromatic heterocycles. The minimum Gasteiger partial charge on any atom is -0.394 e. The van der Waals surface area contributed by atoms with Crippen molar-refractivity contribution in [2.24, 2.45) is 0 Å². The number of nitrogens with one attached hydrogen (secondary N) is 3. The normalized spacial score (nSPS) is 12.2. The van der Waals surface area contributed by atoms with Gasteiger partial charge in [-0.2, -0.15) is 15.0 Å². The number of aliphatic hydroxyl groups is 9. The quantitative estimate of drug-likeness (QED) is 0.102. The third-order valence-corrected chi connectivity index (χ3v) is 5.10. The number of aromatic nitrogens is 3. The predicted octanol–water partition coefficient (Wildman–Crippen LogP) is -7.79. The monoisotopic (exact) mass is 522 g/mol. The van der Waals surface area contributed by atoms with E-state index in [1.807, 2.05) is 16.0 Å². The minimum absolute atomic E-state index is 0.935. The Hall–Kier alpha value is -2.94. The van der Waals surface area contributed by atoms with E-state index in [2.05, 4.69) is 15.0 Å². The highest BCUT2D eigenvalue weighted by Crippen LogP contribution is 2.09. The summed E-state index contributed by atoms with van der Waals surface area (Å²) in [5.74, 6) is -6.71. The first-order valence-electron chi connectivity index (χ1n) is 10.2. The van der Waals surface area contributed by atoms with Gasteiger partial charge in [-0.25, -0.2) is 0 Å². The molecule has 0 saturated heterocycles. The molecule has 0 radical (unpaired) electrons. The zero-order valence-electron chi connectivity index (χ0n) is 19.0. The molecule has 18 heteroatoms. The number of rotatable bonds is 15. The van der Waals surface area contributed by atoms with Crippen molar-refractivity contribution in [2.75, 3.05) is 59.5 Å². The van der Waals surface area contributed by atoms with Crippen LogP contribution in [0.25, 0.3) is 0 Å². The average Bonchev–Trinajstić information content (AvgIpc) is 2.93. The summed E-state index contributed by atoms with van der Waals surface area (Å²) in [5.41, 5.74) is -5.85. The molecule has 1 rings (SSSR count). The van der Waals surface area contributed by atoms with Gasteiger partial charge in [-0.05, 0) is 0 Å². The Labute approximate surface area is 203 Å². The first-order chi connectivity index (χ1) is 17.0. The van der Waals surface area contributed by atoms with Gasteiger partial charge in [0.1, 0.15) is 16.6 Å². The molecule has 0 spiro atoms. The lowest BCUT2D eigenvalue weighted by molar-refractivity contribution is 0.0356. The fraction of sp³-hybridized carbons (Fsp3) is 0.667. The van der Waals surface area contributed by atoms with Crippen LogP contribution < -0.4 is 16.0 Å². The molecule has 36 heavy (non-hydrogen) atoms. The van der Waals surface area contributed by atoms with Crippen LogP contribution in [0.5, 0.6) is 0 Å². The van der Waals surface area contributed by atoms with Gasteiger partial charge in [-0.15, -0.1) is 0 Å². The molecule has 12 N–H and O–H groups in total. The molecule has 204 valence electrons. The fourth-order valence-corrected chi connectivity index (χ4v) is 2.38. The van der Waals surface area contributed by atoms with Gasteiger partial charge in [-0.1, -0.05) is 0 Å². The van der Waals surface area contributed by atoms with E-state index < -0.39 is 111 Å². The van der Waals surface area contributed by atoms with Crippen molar-refractivity contribution in [3.05, 3.63) is 17.5 Å². The fourth-order valence-electron chi connectivity index (χ4n) is 2.38. The second-order valence-corrected chi connectivity index (χ2v) is 7.93. The zero-order valence-corrected chi connectivity index (χ0v) is 19.0. The lowest BCUT2D eigenvalue weighted by atomic mass is 10.0. The highest BCUT2D eigenvalue weighted by atomic mass is 16.3. The van der Waals surface area contributed by atoms with Crippen LogP contribution in [0.15, 0.2) is 0 Å². The molecule has 0 saturated carbocycles. The Morgan fingerprint density at radius 2 is 0.611 bits per heavy atom. The number of aliphatic hydroxyl groups excluding tert-OH is 9. The van der Waals surface area contributed by atoms with Crippen LogP contribution in [0.1, 0.15) is 31.9 Å². The minimum atomic E-state index is -1.95. The van der Waals surface area contributed by atoms with E-state index in [4.69, 9.17) is 0 Å². The Kier molecular flexibility index (Phi) is 11.6. The van der Waals surface area contributed by atoms with Crippen molar-refractivity contribution in [3.63, 3.8) is 0 Å². The maximum Gasteiger partial charge on any atom is 0.289 e. The number of hydrogen-bond acceptors (Lipinski definition) is 15. The summed E-state index contributed by atoms with van der Waals surface area (Å²) in [4.78, 5) is 48.8. The van der Waals surface area contributed by atoms with Gasteiger partial charge in [0.05, 0.1) is 59.5 Å². The predicted molar refractivity (Wildman–Crippen MR) is 114 cm³/mol. The molecule has 18 nitrogen and oxygen atoms in total. The number of amides is 3. The summed E-state index contributed by atoms with van der Waals surface area (Å²) in [7, 11) is 0. The van der Waals surface area contributed by atoms with Crippen LogP contribution in [-0.4, -0.2) is 155 Å². The summed E-state index contributed by atoms with van der Waals surface area (Å²) < 4.78 is 0. The first-order valence-corrected chi connectivity index (χ1v) is 10.2. The molecule has 0 aromatic carbocycles. The molecular weight excluding hydrogens is 492 g/mol. The molecule has 0 bridgehead atoms. The van der Waals surface area contributed by atoms with E-state index in [1.165, 1.54) is 0 Å². The second-order valence-electron chi connectivity index (χ2n) is 7.93. The van der Waals surface area contributed by atoms with E-state index in [-0.39, 0.29) is 0 Å². The topological polar surface area (TPSA) is 308 Å². The molecule has 3 amide bonds. The van der Waals surface area contributed by atoms with Crippen molar-refractivity contribution in [1.29, 1.82) is 0 Å². The Balaban J connectivity index is 3.56. The maximum atomic E-state index is 12.7. The molecule has 0 aliphatic carbocycles. The standard InChI is InChI=1S/C18H30N6O12/c25-1-16(2-26,3-27)22-13(34)10-19-11(14(35)23-17(4-28,5-29)6-30)21-12(20-10)15(36)24-18(7-31,8-32)9-33/h25-33H,1-9H2,(H,22,34)(H,23,35)(H,24,36). The third kappa shape index (κ3) is 7.06. The molecule has 0 aliphatic heterocycles. The van der Waals surface area contributed by atoms with E-state index >= 15 is 0 Å². The third-order valence-electron chi connectivity index (χ3n) is 5.10. The molecule has 0 atom stereocenters. The van der Waals surface area contributed by atoms with Gasteiger partial charge in [0, 0.05) is 0 Å². The number of nitrogens with zero attached hydrogens (tertiary/aromatic N) is 3. The lowest BCUT2D eigenvalue weighted by Gasteiger charge is -2.29. The molecule has 0 aliphatic rings. The van der Waals surface area contributed by atoms with Crippen molar-refractivity contribution < 1.29 is 60.3 Å². The Morgan fingerprint density at radius 3 is 0.750 bits per heavy atom. The number of carbonyl (C=O) groups is 3. The summed E-state index contributed by atoms with van der Waals surface area (Å²) in [6.45, 7) is -8.41. The van der Waals surface area contributed by atoms with Crippen molar-refractivity contribution >= 4 is 17.7 Å². The highest BCUT2D eigenvalue weighted by Gasteiger charge is 2.36. The SMILES string of the molecule is O=C(NC(CO)(CO)CO)c1nc(C(=O)NC(CO)(CO)CO)nc(C(=O)NC(CO)(CO)CO)n1. The molecule has 0 fully saturated rings. The van der Waals surface area contributed by atoms with E-state index in [9.17, 15) is 60.3 Å². The van der Waals surface area contributed by atoms with Crippen LogP contribution in [0.4, 0.5) is 0 Å². The lowest BCUT2D eigenvalue weighted by Crippen LogP contribution is -2.58. The molecular formula is C18H30N6O12. The highest BCUT2D eigenvalue weighted by molar-refractivity contribution is 5.98. The summed E-state index contributed by atoms with van der Waals surface area (Å²) >= 11 is 0.